The van der Waals surface area contributed by atoms with Crippen molar-refractivity contribution in [3.63, 3.8) is 0 Å². The van der Waals surface area contributed by atoms with Crippen molar-refractivity contribution in [3.05, 3.63) is 60.2 Å². The molecule has 0 aliphatic heterocycles. The summed E-state index contributed by atoms with van der Waals surface area (Å²) < 4.78 is 1.95. The standard InChI is InChI=1S/C22H23N5OS/c1-22(2,3)17-11-9-16(10-12-17)20-25-26-21(29-15-19(28)24-14-13-23)27(20)18-7-5-4-6-8-18/h4-12H,14-15H2,1-3H3,(H,24,28). The summed E-state index contributed by atoms with van der Waals surface area (Å²) in [5, 5.41) is 20.5. The molecule has 0 saturated heterocycles. The second-order valence-electron chi connectivity index (χ2n) is 7.53. The largest absolute Gasteiger partial charge is 0.342 e. The van der Waals surface area contributed by atoms with E-state index in [0.717, 1.165) is 17.1 Å². The molecule has 0 bridgehead atoms. The fourth-order valence-electron chi connectivity index (χ4n) is 2.80. The lowest BCUT2D eigenvalue weighted by atomic mass is 9.87. The quantitative estimate of drug-likeness (QED) is 0.496. The molecule has 0 aliphatic carbocycles. The molecule has 0 radical (unpaired) electrons. The number of amides is 1. The lowest BCUT2D eigenvalue weighted by molar-refractivity contribution is -0.118. The third-order valence-corrected chi connectivity index (χ3v) is 5.28. The second-order valence-corrected chi connectivity index (χ2v) is 8.47. The van der Waals surface area contributed by atoms with Crippen molar-refractivity contribution in [1.29, 1.82) is 5.26 Å². The van der Waals surface area contributed by atoms with Gasteiger partial charge in [-0.3, -0.25) is 9.36 Å². The van der Waals surface area contributed by atoms with Crippen LogP contribution < -0.4 is 5.32 Å². The first-order valence-corrected chi connectivity index (χ1v) is 10.3. The van der Waals surface area contributed by atoms with Gasteiger partial charge in [-0.05, 0) is 23.1 Å². The first kappa shape index (κ1) is 20.6. The van der Waals surface area contributed by atoms with Crippen molar-refractivity contribution in [2.45, 2.75) is 31.3 Å². The zero-order valence-electron chi connectivity index (χ0n) is 16.7. The summed E-state index contributed by atoms with van der Waals surface area (Å²) in [5.74, 6) is 0.669. The van der Waals surface area contributed by atoms with Gasteiger partial charge < -0.3 is 5.32 Å². The van der Waals surface area contributed by atoms with Crippen LogP contribution >= 0.6 is 11.8 Å². The smallest absolute Gasteiger partial charge is 0.231 e. The highest BCUT2D eigenvalue weighted by atomic mass is 32.2. The highest BCUT2D eigenvalue weighted by Crippen LogP contribution is 2.30. The predicted molar refractivity (Wildman–Crippen MR) is 115 cm³/mol. The van der Waals surface area contributed by atoms with Crippen molar-refractivity contribution in [3.8, 4) is 23.1 Å². The summed E-state index contributed by atoms with van der Waals surface area (Å²) in [4.78, 5) is 11.9. The fraction of sp³-hybridized carbons (Fsp3) is 0.273. The van der Waals surface area contributed by atoms with Gasteiger partial charge in [-0.25, -0.2) is 0 Å². The SMILES string of the molecule is CC(C)(C)c1ccc(-c2nnc(SCC(=O)NCC#N)n2-c2ccccc2)cc1. The Morgan fingerprint density at radius 3 is 2.41 bits per heavy atom. The van der Waals surface area contributed by atoms with Crippen molar-refractivity contribution in [2.75, 3.05) is 12.3 Å². The van der Waals surface area contributed by atoms with Crippen LogP contribution in [0.25, 0.3) is 17.1 Å². The molecule has 0 saturated carbocycles. The van der Waals surface area contributed by atoms with Gasteiger partial charge >= 0.3 is 0 Å². The number of thioether (sulfide) groups is 1. The topological polar surface area (TPSA) is 83.6 Å². The number of nitrogens with zero attached hydrogens (tertiary/aromatic N) is 4. The summed E-state index contributed by atoms with van der Waals surface area (Å²) in [5.41, 5.74) is 3.20. The Kier molecular flexibility index (Phi) is 6.35. The number of benzene rings is 2. The van der Waals surface area contributed by atoms with E-state index in [1.54, 1.807) is 0 Å². The first-order valence-electron chi connectivity index (χ1n) is 9.28. The van der Waals surface area contributed by atoms with Crippen LogP contribution in [-0.4, -0.2) is 33.0 Å². The Balaban J connectivity index is 1.95. The molecule has 6 nitrogen and oxygen atoms in total. The molecule has 3 aromatic rings. The maximum atomic E-state index is 11.9. The second kappa shape index (κ2) is 8.93. The average Bonchev–Trinajstić information content (AvgIpc) is 3.14. The molecule has 1 N–H and O–H groups in total. The molecule has 29 heavy (non-hydrogen) atoms. The molecule has 0 fully saturated rings. The van der Waals surface area contributed by atoms with E-state index in [1.165, 1.54) is 17.3 Å². The van der Waals surface area contributed by atoms with Crippen molar-refractivity contribution in [2.24, 2.45) is 0 Å². The number of hydrogen-bond donors (Lipinski definition) is 1. The van der Waals surface area contributed by atoms with Gasteiger partial charge in [0.2, 0.25) is 5.91 Å². The van der Waals surface area contributed by atoms with Crippen molar-refractivity contribution in [1.82, 2.24) is 20.1 Å². The molecular formula is C22H23N5OS. The maximum absolute atomic E-state index is 11.9. The van der Waals surface area contributed by atoms with Crippen molar-refractivity contribution >= 4 is 17.7 Å². The molecule has 7 heteroatoms. The number of para-hydroxylation sites is 1. The van der Waals surface area contributed by atoms with Gasteiger partial charge in [0.05, 0.1) is 11.8 Å². The van der Waals surface area contributed by atoms with Crippen LogP contribution in [0.15, 0.2) is 59.8 Å². The van der Waals surface area contributed by atoms with Crippen LogP contribution in [0.3, 0.4) is 0 Å². The van der Waals surface area contributed by atoms with E-state index >= 15 is 0 Å². The summed E-state index contributed by atoms with van der Waals surface area (Å²) in [6.45, 7) is 6.54. The molecule has 0 aliphatic rings. The van der Waals surface area contributed by atoms with E-state index in [1.807, 2.05) is 41.0 Å². The van der Waals surface area contributed by atoms with Gasteiger partial charge in [0.15, 0.2) is 11.0 Å². The first-order chi connectivity index (χ1) is 13.9. The van der Waals surface area contributed by atoms with Gasteiger partial charge in [-0.1, -0.05) is 75.0 Å². The highest BCUT2D eigenvalue weighted by molar-refractivity contribution is 7.99. The zero-order valence-corrected chi connectivity index (χ0v) is 17.5. The molecule has 1 aromatic heterocycles. The van der Waals surface area contributed by atoms with Gasteiger partial charge in [-0.15, -0.1) is 10.2 Å². The summed E-state index contributed by atoms with van der Waals surface area (Å²) in [6, 6.07) is 20.1. The molecule has 1 heterocycles. The predicted octanol–water partition coefficient (Wildman–Crippen LogP) is 3.96. The summed E-state index contributed by atoms with van der Waals surface area (Å²) >= 11 is 1.29. The van der Waals surface area contributed by atoms with E-state index in [4.69, 9.17) is 5.26 Å². The van der Waals surface area contributed by atoms with E-state index in [-0.39, 0.29) is 23.6 Å². The molecule has 3 rings (SSSR count). The molecule has 0 unspecified atom stereocenters. The molecule has 0 spiro atoms. The summed E-state index contributed by atoms with van der Waals surface area (Å²) in [6.07, 6.45) is 0. The van der Waals surface area contributed by atoms with Gasteiger partial charge in [-0.2, -0.15) is 5.26 Å². The molecule has 1 amide bonds. The number of rotatable bonds is 6. The van der Waals surface area contributed by atoms with Crippen LogP contribution in [0.1, 0.15) is 26.3 Å². The Hall–Kier alpha value is -3.11. The number of nitriles is 1. The molecule has 148 valence electrons. The van der Waals surface area contributed by atoms with Gasteiger partial charge in [0, 0.05) is 11.3 Å². The monoisotopic (exact) mass is 405 g/mol. The Morgan fingerprint density at radius 2 is 1.79 bits per heavy atom. The van der Waals surface area contributed by atoms with Gasteiger partial charge in [0.25, 0.3) is 0 Å². The van der Waals surface area contributed by atoms with Crippen LogP contribution in [-0.2, 0) is 10.2 Å². The average molecular weight is 406 g/mol. The third-order valence-electron chi connectivity index (χ3n) is 4.35. The summed E-state index contributed by atoms with van der Waals surface area (Å²) in [7, 11) is 0. The van der Waals surface area contributed by atoms with Crippen LogP contribution in [0.2, 0.25) is 0 Å². The number of carbonyl (C=O) groups is 1. The Morgan fingerprint density at radius 1 is 1.10 bits per heavy atom. The fourth-order valence-corrected chi connectivity index (χ4v) is 3.58. The van der Waals surface area contributed by atoms with Crippen LogP contribution in [0.5, 0.6) is 0 Å². The van der Waals surface area contributed by atoms with E-state index in [2.05, 4.69) is 60.6 Å². The Labute approximate surface area is 175 Å². The normalized spacial score (nSPS) is 11.1. The minimum Gasteiger partial charge on any atom is -0.342 e. The number of hydrogen-bond acceptors (Lipinski definition) is 5. The zero-order chi connectivity index (χ0) is 20.9. The lowest BCUT2D eigenvalue weighted by Crippen LogP contribution is -2.25. The van der Waals surface area contributed by atoms with E-state index in [0.29, 0.717) is 5.16 Å². The molecule has 0 atom stereocenters. The Bertz CT molecular complexity index is 1010. The maximum Gasteiger partial charge on any atom is 0.231 e. The van der Waals surface area contributed by atoms with E-state index in [9.17, 15) is 4.79 Å². The third kappa shape index (κ3) is 5.04. The van der Waals surface area contributed by atoms with Gasteiger partial charge in [0.1, 0.15) is 6.54 Å². The minimum absolute atomic E-state index is 0.00382. The number of aromatic nitrogens is 3. The minimum atomic E-state index is -0.213. The highest BCUT2D eigenvalue weighted by Gasteiger charge is 2.18. The van der Waals surface area contributed by atoms with Crippen LogP contribution in [0, 0.1) is 11.3 Å². The molecule has 2 aromatic carbocycles. The molecular weight excluding hydrogens is 382 g/mol. The lowest BCUT2D eigenvalue weighted by Gasteiger charge is -2.19. The van der Waals surface area contributed by atoms with E-state index < -0.39 is 0 Å². The van der Waals surface area contributed by atoms with Crippen molar-refractivity contribution < 1.29 is 4.79 Å². The van der Waals surface area contributed by atoms with Crippen LogP contribution in [0.4, 0.5) is 0 Å². The number of carbonyl (C=O) groups excluding carboxylic acids is 1. The number of nitrogens with one attached hydrogen (secondary N) is 1.